The Morgan fingerprint density at radius 1 is 1.08 bits per heavy atom. The lowest BCUT2D eigenvalue weighted by molar-refractivity contribution is -0.120. The number of hydrogen-bond acceptors (Lipinski definition) is 1. The van der Waals surface area contributed by atoms with Crippen LogP contribution < -0.4 is 0 Å². The summed E-state index contributed by atoms with van der Waals surface area (Å²) in [6.07, 6.45) is 6.44. The maximum Gasteiger partial charge on any atom is 0.132 e. The summed E-state index contributed by atoms with van der Waals surface area (Å²) in [6, 6.07) is 0. The van der Waals surface area contributed by atoms with Gasteiger partial charge in [0.25, 0.3) is 0 Å². The Labute approximate surface area is 81.9 Å². The molecular weight excluding hydrogens is 160 g/mol. The van der Waals surface area contributed by atoms with Crippen molar-refractivity contribution in [1.82, 2.24) is 0 Å². The number of rotatable bonds is 0. The summed E-state index contributed by atoms with van der Waals surface area (Å²) in [5, 5.41) is 0. The van der Waals surface area contributed by atoms with E-state index in [1.54, 1.807) is 0 Å². The Kier molecular flexibility index (Phi) is 3.52. The normalized spacial score (nSPS) is 26.7. The van der Waals surface area contributed by atoms with Crippen molar-refractivity contribution >= 4 is 5.78 Å². The number of carbonyl (C=O) groups excluding carboxylic acids is 1. The molecule has 0 heterocycles. The average Bonchev–Trinajstić information content (AvgIpc) is 1.94. The van der Waals surface area contributed by atoms with Crippen LogP contribution in [0.3, 0.4) is 0 Å². The van der Waals surface area contributed by atoms with Gasteiger partial charge in [-0.1, -0.05) is 27.2 Å². The largest absolute Gasteiger partial charge is 0.300 e. The third kappa shape index (κ3) is 3.50. The summed E-state index contributed by atoms with van der Waals surface area (Å²) in [5.41, 5.74) is 0.387. The van der Waals surface area contributed by atoms with Crippen LogP contribution in [0.15, 0.2) is 0 Å². The summed E-state index contributed by atoms with van der Waals surface area (Å²) in [6.45, 7) is 6.89. The molecule has 1 nitrogen and oxygen atoms in total. The highest BCUT2D eigenvalue weighted by Crippen LogP contribution is 2.35. The van der Waals surface area contributed by atoms with Gasteiger partial charge in [-0.2, -0.15) is 0 Å². The van der Waals surface area contributed by atoms with Gasteiger partial charge in [0, 0.05) is 12.8 Å². The SMILES string of the molecule is CC(C)(C)C1CCCCC(=O)CC1. The lowest BCUT2D eigenvalue weighted by Gasteiger charge is -2.31. The fourth-order valence-corrected chi connectivity index (χ4v) is 2.18. The van der Waals surface area contributed by atoms with Crippen LogP contribution in [-0.4, -0.2) is 5.78 Å². The van der Waals surface area contributed by atoms with Crippen LogP contribution in [-0.2, 0) is 4.79 Å². The molecular formula is C12H22O. The van der Waals surface area contributed by atoms with E-state index in [9.17, 15) is 4.79 Å². The summed E-state index contributed by atoms with van der Waals surface area (Å²) >= 11 is 0. The zero-order valence-corrected chi connectivity index (χ0v) is 9.23. The Hall–Kier alpha value is -0.330. The highest BCUT2D eigenvalue weighted by molar-refractivity contribution is 5.78. The van der Waals surface area contributed by atoms with E-state index in [-0.39, 0.29) is 0 Å². The topological polar surface area (TPSA) is 17.1 Å². The molecule has 0 aromatic carbocycles. The third-order valence-electron chi connectivity index (χ3n) is 3.25. The molecule has 0 radical (unpaired) electrons. The summed E-state index contributed by atoms with van der Waals surface area (Å²) in [5.74, 6) is 1.23. The van der Waals surface area contributed by atoms with E-state index in [1.165, 1.54) is 12.8 Å². The standard InChI is InChI=1S/C12H22O/c1-12(2,3)10-6-4-5-7-11(13)9-8-10/h10H,4-9H2,1-3H3. The van der Waals surface area contributed by atoms with Gasteiger partial charge >= 0.3 is 0 Å². The van der Waals surface area contributed by atoms with Crippen LogP contribution in [0, 0.1) is 11.3 Å². The fraction of sp³-hybridized carbons (Fsp3) is 0.917. The maximum atomic E-state index is 11.3. The molecule has 0 aromatic heterocycles. The molecule has 0 spiro atoms. The zero-order valence-electron chi connectivity index (χ0n) is 9.23. The average molecular weight is 182 g/mol. The van der Waals surface area contributed by atoms with Gasteiger partial charge in [-0.3, -0.25) is 4.79 Å². The van der Waals surface area contributed by atoms with Gasteiger partial charge in [0.2, 0.25) is 0 Å². The van der Waals surface area contributed by atoms with Crippen molar-refractivity contribution in [3.05, 3.63) is 0 Å². The van der Waals surface area contributed by atoms with Crippen molar-refractivity contribution in [1.29, 1.82) is 0 Å². The predicted molar refractivity (Wildman–Crippen MR) is 55.7 cm³/mol. The van der Waals surface area contributed by atoms with Crippen LogP contribution >= 0.6 is 0 Å². The van der Waals surface area contributed by atoms with Crippen molar-refractivity contribution < 1.29 is 4.79 Å². The van der Waals surface area contributed by atoms with E-state index in [0.717, 1.165) is 31.6 Å². The monoisotopic (exact) mass is 182 g/mol. The lowest BCUT2D eigenvalue weighted by Crippen LogP contribution is -2.22. The molecule has 1 aliphatic rings. The smallest absolute Gasteiger partial charge is 0.132 e. The molecule has 1 fully saturated rings. The van der Waals surface area contributed by atoms with E-state index >= 15 is 0 Å². The molecule has 0 saturated heterocycles. The maximum absolute atomic E-state index is 11.3. The van der Waals surface area contributed by atoms with Crippen LogP contribution in [0.5, 0.6) is 0 Å². The van der Waals surface area contributed by atoms with E-state index in [1.807, 2.05) is 0 Å². The molecule has 1 unspecified atom stereocenters. The van der Waals surface area contributed by atoms with E-state index in [0.29, 0.717) is 11.2 Å². The molecule has 76 valence electrons. The Bertz CT molecular complexity index is 176. The van der Waals surface area contributed by atoms with Gasteiger partial charge in [0.15, 0.2) is 0 Å². The minimum absolute atomic E-state index is 0.387. The van der Waals surface area contributed by atoms with Crippen LogP contribution in [0.4, 0.5) is 0 Å². The molecule has 1 rings (SSSR count). The molecule has 1 atom stereocenters. The van der Waals surface area contributed by atoms with E-state index in [2.05, 4.69) is 20.8 Å². The molecule has 0 N–H and O–H groups in total. The quantitative estimate of drug-likeness (QED) is 0.559. The van der Waals surface area contributed by atoms with Crippen LogP contribution in [0.1, 0.15) is 59.3 Å². The molecule has 0 bridgehead atoms. The Balaban J connectivity index is 2.50. The van der Waals surface area contributed by atoms with Gasteiger partial charge in [-0.25, -0.2) is 0 Å². The van der Waals surface area contributed by atoms with Crippen molar-refractivity contribution in [3.8, 4) is 0 Å². The first-order chi connectivity index (χ1) is 6.00. The second-order valence-electron chi connectivity index (χ2n) is 5.39. The van der Waals surface area contributed by atoms with Crippen LogP contribution in [0.2, 0.25) is 0 Å². The molecule has 1 saturated carbocycles. The molecule has 1 aliphatic carbocycles. The number of ketones is 1. The lowest BCUT2D eigenvalue weighted by atomic mass is 9.74. The third-order valence-corrected chi connectivity index (χ3v) is 3.25. The second kappa shape index (κ2) is 4.26. The van der Waals surface area contributed by atoms with Gasteiger partial charge in [-0.15, -0.1) is 0 Å². The van der Waals surface area contributed by atoms with E-state index in [4.69, 9.17) is 0 Å². The van der Waals surface area contributed by atoms with Gasteiger partial charge in [0.1, 0.15) is 5.78 Å². The first kappa shape index (κ1) is 10.7. The number of Topliss-reactive ketones (excluding diaryl/α,β-unsaturated/α-hetero) is 1. The van der Waals surface area contributed by atoms with E-state index < -0.39 is 0 Å². The first-order valence-electron chi connectivity index (χ1n) is 5.52. The molecule has 0 amide bonds. The van der Waals surface area contributed by atoms with Crippen molar-refractivity contribution in [2.45, 2.75) is 59.3 Å². The fourth-order valence-electron chi connectivity index (χ4n) is 2.18. The first-order valence-corrected chi connectivity index (χ1v) is 5.52. The van der Waals surface area contributed by atoms with Crippen LogP contribution in [0.25, 0.3) is 0 Å². The molecule has 0 aromatic rings. The number of carbonyl (C=O) groups is 1. The predicted octanol–water partition coefficient (Wildman–Crippen LogP) is 3.57. The highest BCUT2D eigenvalue weighted by Gasteiger charge is 2.25. The summed E-state index contributed by atoms with van der Waals surface area (Å²) in [4.78, 5) is 11.3. The summed E-state index contributed by atoms with van der Waals surface area (Å²) < 4.78 is 0. The Morgan fingerprint density at radius 2 is 1.77 bits per heavy atom. The molecule has 0 aliphatic heterocycles. The van der Waals surface area contributed by atoms with Gasteiger partial charge < -0.3 is 0 Å². The highest BCUT2D eigenvalue weighted by atomic mass is 16.1. The number of hydrogen-bond donors (Lipinski definition) is 0. The van der Waals surface area contributed by atoms with Gasteiger partial charge in [0.05, 0.1) is 0 Å². The van der Waals surface area contributed by atoms with Crippen molar-refractivity contribution in [3.63, 3.8) is 0 Å². The van der Waals surface area contributed by atoms with Gasteiger partial charge in [-0.05, 0) is 30.6 Å². The second-order valence-corrected chi connectivity index (χ2v) is 5.39. The minimum atomic E-state index is 0.387. The molecule has 13 heavy (non-hydrogen) atoms. The minimum Gasteiger partial charge on any atom is -0.300 e. The van der Waals surface area contributed by atoms with Crippen molar-refractivity contribution in [2.24, 2.45) is 11.3 Å². The zero-order chi connectivity index (χ0) is 9.90. The summed E-state index contributed by atoms with van der Waals surface area (Å²) in [7, 11) is 0. The Morgan fingerprint density at radius 3 is 2.38 bits per heavy atom. The van der Waals surface area contributed by atoms with Crippen molar-refractivity contribution in [2.75, 3.05) is 0 Å². The molecule has 1 heteroatoms.